The fourth-order valence-corrected chi connectivity index (χ4v) is 1.73. The molecule has 0 aromatic heterocycles. The molecule has 1 aromatic rings. The van der Waals surface area contributed by atoms with E-state index in [2.05, 4.69) is 30.5 Å². The minimum Gasteiger partial charge on any atom is -0.292 e. The molecule has 0 saturated heterocycles. The number of hydrogen-bond donors (Lipinski definition) is 1. The Morgan fingerprint density at radius 3 is 2.67 bits per heavy atom. The number of nitrogens with one attached hydrogen (secondary N) is 1. The molecule has 1 aromatic carbocycles. The summed E-state index contributed by atoms with van der Waals surface area (Å²) in [6.07, 6.45) is 0. The lowest BCUT2D eigenvalue weighted by Gasteiger charge is -2.23. The van der Waals surface area contributed by atoms with Crippen molar-refractivity contribution >= 4 is 11.4 Å². The van der Waals surface area contributed by atoms with Crippen molar-refractivity contribution < 1.29 is 0 Å². The smallest absolute Gasteiger partial charge is 0.0992 e. The Bertz CT molecular complexity index is 419. The van der Waals surface area contributed by atoms with E-state index in [1.165, 1.54) is 0 Å². The van der Waals surface area contributed by atoms with Gasteiger partial charge in [-0.2, -0.15) is 5.26 Å². The van der Waals surface area contributed by atoms with Gasteiger partial charge in [-0.15, -0.1) is 5.53 Å². The van der Waals surface area contributed by atoms with Crippen LogP contribution in [0, 0.1) is 11.3 Å². The average molecular weight is 202 g/mol. The number of hydrazine groups is 2. The Morgan fingerprint density at radius 2 is 2.07 bits per heavy atom. The van der Waals surface area contributed by atoms with Gasteiger partial charge >= 0.3 is 0 Å². The maximum atomic E-state index is 8.83. The molecule has 0 radical (unpaired) electrons. The molecule has 0 fully saturated rings. The second-order valence-electron chi connectivity index (χ2n) is 3.94. The van der Waals surface area contributed by atoms with Crippen LogP contribution < -0.4 is 15.6 Å². The van der Waals surface area contributed by atoms with Crippen LogP contribution in [0.3, 0.4) is 0 Å². The maximum Gasteiger partial charge on any atom is 0.0992 e. The van der Waals surface area contributed by atoms with Gasteiger partial charge in [-0.1, -0.05) is 0 Å². The molecule has 0 atom stereocenters. The number of benzene rings is 1. The van der Waals surface area contributed by atoms with E-state index in [0.29, 0.717) is 11.6 Å². The fraction of sp³-hybridized carbons (Fsp3) is 0.364. The van der Waals surface area contributed by atoms with Crippen LogP contribution in [0.4, 0.5) is 11.4 Å². The molecule has 0 saturated carbocycles. The monoisotopic (exact) mass is 202 g/mol. The van der Waals surface area contributed by atoms with Crippen molar-refractivity contribution in [1.82, 2.24) is 5.53 Å². The summed E-state index contributed by atoms with van der Waals surface area (Å²) in [6.45, 7) is 4.24. The summed E-state index contributed by atoms with van der Waals surface area (Å²) in [5.74, 6) is 0. The lowest BCUT2D eigenvalue weighted by molar-refractivity contribution is 0.586. The van der Waals surface area contributed by atoms with Gasteiger partial charge in [0.15, 0.2) is 0 Å². The molecule has 0 bridgehead atoms. The summed E-state index contributed by atoms with van der Waals surface area (Å²) in [6, 6.07) is 8.24. The van der Waals surface area contributed by atoms with Gasteiger partial charge in [-0.25, -0.2) is 0 Å². The second-order valence-corrected chi connectivity index (χ2v) is 3.94. The first-order valence-corrected chi connectivity index (χ1v) is 4.97. The van der Waals surface area contributed by atoms with Gasteiger partial charge in [0.25, 0.3) is 0 Å². The average Bonchev–Trinajstić information content (AvgIpc) is 2.56. The van der Waals surface area contributed by atoms with E-state index in [0.717, 1.165) is 11.4 Å². The topological polar surface area (TPSA) is 42.3 Å². The van der Waals surface area contributed by atoms with Crippen LogP contribution in [-0.4, -0.2) is 13.1 Å². The molecule has 0 aliphatic carbocycles. The van der Waals surface area contributed by atoms with Crippen molar-refractivity contribution in [2.24, 2.45) is 0 Å². The Morgan fingerprint density at radius 1 is 1.33 bits per heavy atom. The van der Waals surface area contributed by atoms with Gasteiger partial charge in [0.1, 0.15) is 0 Å². The van der Waals surface area contributed by atoms with E-state index >= 15 is 0 Å². The molecule has 78 valence electrons. The van der Waals surface area contributed by atoms with Crippen molar-refractivity contribution in [3.63, 3.8) is 0 Å². The molecular formula is C11H14N4. The number of hydrogen-bond acceptors (Lipinski definition) is 4. The third-order valence-electron chi connectivity index (χ3n) is 2.50. The fourth-order valence-electron chi connectivity index (χ4n) is 1.73. The van der Waals surface area contributed by atoms with Crippen molar-refractivity contribution in [1.29, 1.82) is 5.26 Å². The van der Waals surface area contributed by atoms with Crippen LogP contribution >= 0.6 is 0 Å². The molecule has 1 heterocycles. The minimum absolute atomic E-state index is 0.377. The number of nitriles is 1. The second kappa shape index (κ2) is 3.44. The summed E-state index contributed by atoms with van der Waals surface area (Å²) >= 11 is 0. The number of anilines is 2. The highest BCUT2D eigenvalue weighted by atomic mass is 15.8. The van der Waals surface area contributed by atoms with Gasteiger partial charge in [-0.3, -0.25) is 10.0 Å². The molecule has 4 heteroatoms. The van der Waals surface area contributed by atoms with Gasteiger partial charge in [0.05, 0.1) is 23.0 Å². The molecule has 0 amide bonds. The number of rotatable bonds is 1. The van der Waals surface area contributed by atoms with E-state index in [1.54, 1.807) is 0 Å². The highest BCUT2D eigenvalue weighted by Crippen LogP contribution is 2.33. The van der Waals surface area contributed by atoms with Crippen LogP contribution in [0.2, 0.25) is 0 Å². The van der Waals surface area contributed by atoms with E-state index in [4.69, 9.17) is 5.26 Å². The first-order chi connectivity index (χ1) is 7.13. The Labute approximate surface area is 89.7 Å². The van der Waals surface area contributed by atoms with Crippen molar-refractivity contribution in [3.05, 3.63) is 23.8 Å². The van der Waals surface area contributed by atoms with Gasteiger partial charge in [0, 0.05) is 13.1 Å². The van der Waals surface area contributed by atoms with E-state index in [9.17, 15) is 0 Å². The normalized spacial score (nSPS) is 14.3. The summed E-state index contributed by atoms with van der Waals surface area (Å²) in [7, 11) is 1.95. The standard InChI is InChI=1S/C11H14N4/c1-8(2)15-10-5-4-9(7-12)6-11(10)14(3)13-15/h4-6,8,13H,1-3H3. The van der Waals surface area contributed by atoms with E-state index < -0.39 is 0 Å². The molecule has 4 nitrogen and oxygen atoms in total. The van der Waals surface area contributed by atoms with Crippen LogP contribution in [-0.2, 0) is 0 Å². The molecule has 0 unspecified atom stereocenters. The summed E-state index contributed by atoms with van der Waals surface area (Å²) < 4.78 is 0. The largest absolute Gasteiger partial charge is 0.292 e. The van der Waals surface area contributed by atoms with Crippen LogP contribution in [0.1, 0.15) is 19.4 Å². The van der Waals surface area contributed by atoms with Crippen molar-refractivity contribution in [3.8, 4) is 6.07 Å². The lowest BCUT2D eigenvalue weighted by atomic mass is 10.1. The predicted molar refractivity (Wildman–Crippen MR) is 60.3 cm³/mol. The third kappa shape index (κ3) is 1.51. The summed E-state index contributed by atoms with van der Waals surface area (Å²) in [5.41, 5.74) is 6.08. The van der Waals surface area contributed by atoms with Gasteiger partial charge < -0.3 is 0 Å². The molecule has 15 heavy (non-hydrogen) atoms. The molecule has 2 rings (SSSR count). The highest BCUT2D eigenvalue weighted by Gasteiger charge is 2.24. The van der Waals surface area contributed by atoms with Crippen LogP contribution in [0.15, 0.2) is 18.2 Å². The highest BCUT2D eigenvalue weighted by molar-refractivity contribution is 5.76. The molecule has 1 aliphatic heterocycles. The van der Waals surface area contributed by atoms with Crippen LogP contribution in [0.25, 0.3) is 0 Å². The predicted octanol–water partition coefficient (Wildman–Crippen LogP) is 1.64. The van der Waals surface area contributed by atoms with Crippen molar-refractivity contribution in [2.75, 3.05) is 17.1 Å². The van der Waals surface area contributed by atoms with E-state index in [-0.39, 0.29) is 0 Å². The van der Waals surface area contributed by atoms with Gasteiger partial charge in [0.2, 0.25) is 0 Å². The summed E-state index contributed by atoms with van der Waals surface area (Å²) in [5, 5.41) is 12.8. The Hall–Kier alpha value is -1.73. The third-order valence-corrected chi connectivity index (χ3v) is 2.50. The van der Waals surface area contributed by atoms with Gasteiger partial charge in [-0.05, 0) is 32.0 Å². The zero-order valence-corrected chi connectivity index (χ0v) is 9.15. The number of nitrogens with zero attached hydrogens (tertiary/aromatic N) is 3. The molecule has 0 spiro atoms. The SMILES string of the molecule is CC(C)N1NN(C)c2cc(C#N)ccc21. The quantitative estimate of drug-likeness (QED) is 0.751. The summed E-state index contributed by atoms with van der Waals surface area (Å²) in [4.78, 5) is 0. The molecule has 1 N–H and O–H groups in total. The Kier molecular flexibility index (Phi) is 2.25. The zero-order valence-electron chi connectivity index (χ0n) is 9.15. The van der Waals surface area contributed by atoms with E-state index in [1.807, 2.05) is 30.3 Å². The maximum absolute atomic E-state index is 8.83. The lowest BCUT2D eigenvalue weighted by Crippen LogP contribution is -2.45. The first kappa shape index (κ1) is 9.81. The van der Waals surface area contributed by atoms with Crippen molar-refractivity contribution in [2.45, 2.75) is 19.9 Å². The zero-order chi connectivity index (χ0) is 11.0. The number of fused-ring (bicyclic) bond motifs is 1. The Balaban J connectivity index is 2.46. The first-order valence-electron chi connectivity index (χ1n) is 4.97. The molecule has 1 aliphatic rings. The molecular weight excluding hydrogens is 188 g/mol. The van der Waals surface area contributed by atoms with Crippen LogP contribution in [0.5, 0.6) is 0 Å². The minimum atomic E-state index is 0.377.